The molecule has 216 valence electrons. The lowest BCUT2D eigenvalue weighted by molar-refractivity contribution is -0.142. The summed E-state index contributed by atoms with van der Waals surface area (Å²) >= 11 is 0. The van der Waals surface area contributed by atoms with Crippen LogP contribution in [0.1, 0.15) is 39.7 Å². The third-order valence-corrected chi connectivity index (χ3v) is 14.8. The Hall–Kier alpha value is -3.22. The zero-order chi connectivity index (χ0) is 29.8. The number of benzene rings is 3. The predicted octanol–water partition coefficient (Wildman–Crippen LogP) is 4.52. The average molecular weight is 590 g/mol. The molecule has 1 aliphatic rings. The molecule has 1 fully saturated rings. The smallest absolute Gasteiger partial charge is 0.302 e. The second kappa shape index (κ2) is 12.3. The molecule has 0 spiro atoms. The van der Waals surface area contributed by atoms with Crippen LogP contribution in [0.15, 0.2) is 89.8 Å². The number of terminal acetylenes is 1. The molecule has 0 radical (unpaired) electrons. The summed E-state index contributed by atoms with van der Waals surface area (Å²) in [6, 6.07) is 25.9. The first-order valence-electron chi connectivity index (χ1n) is 13.9. The van der Waals surface area contributed by atoms with Crippen LogP contribution in [0.4, 0.5) is 0 Å². The van der Waals surface area contributed by atoms with Gasteiger partial charge in [0.1, 0.15) is 0 Å². The van der Waals surface area contributed by atoms with E-state index >= 15 is 0 Å². The number of nitrogens with zero attached hydrogens (tertiary/aromatic N) is 1. The van der Waals surface area contributed by atoms with Crippen LogP contribution in [-0.4, -0.2) is 52.3 Å². The van der Waals surface area contributed by atoms with Gasteiger partial charge in [0, 0.05) is 18.9 Å². The van der Waals surface area contributed by atoms with Crippen LogP contribution < -0.4 is 10.4 Å². The zero-order valence-corrected chi connectivity index (χ0v) is 26.2. The van der Waals surface area contributed by atoms with E-state index in [1.807, 2.05) is 43.3 Å². The van der Waals surface area contributed by atoms with Gasteiger partial charge < -0.3 is 9.16 Å². The SMILES string of the molecule is C#CC1[C@H](COC(C)=O)C[C@@H](CO[Si](c2ccccc2)(c2ccccc2)C(C)(C)C)N1S(=O)(=O)c1ccc(C)cc1. The van der Waals surface area contributed by atoms with Crippen molar-refractivity contribution in [3.05, 3.63) is 90.5 Å². The summed E-state index contributed by atoms with van der Waals surface area (Å²) in [4.78, 5) is 11.8. The van der Waals surface area contributed by atoms with Crippen molar-refractivity contribution in [3.8, 4) is 12.3 Å². The van der Waals surface area contributed by atoms with E-state index in [-0.39, 0.29) is 29.1 Å². The first-order chi connectivity index (χ1) is 19.4. The predicted molar refractivity (Wildman–Crippen MR) is 165 cm³/mol. The molecular weight excluding hydrogens is 551 g/mol. The van der Waals surface area contributed by atoms with Gasteiger partial charge in [-0.15, -0.1) is 6.42 Å². The highest BCUT2D eigenvalue weighted by atomic mass is 32.2. The van der Waals surface area contributed by atoms with Gasteiger partial charge in [-0.05, 0) is 40.9 Å². The highest BCUT2D eigenvalue weighted by molar-refractivity contribution is 7.89. The Balaban J connectivity index is 1.80. The van der Waals surface area contributed by atoms with E-state index in [2.05, 4.69) is 51.0 Å². The molecule has 3 aromatic carbocycles. The minimum Gasteiger partial charge on any atom is -0.465 e. The van der Waals surface area contributed by atoms with Crippen molar-refractivity contribution < 1.29 is 22.4 Å². The van der Waals surface area contributed by atoms with Gasteiger partial charge in [-0.1, -0.05) is 105 Å². The molecule has 41 heavy (non-hydrogen) atoms. The summed E-state index contributed by atoms with van der Waals surface area (Å²) in [7, 11) is -6.93. The maximum Gasteiger partial charge on any atom is 0.302 e. The van der Waals surface area contributed by atoms with E-state index in [1.165, 1.54) is 11.2 Å². The number of esters is 1. The maximum atomic E-state index is 14.1. The Morgan fingerprint density at radius 3 is 1.95 bits per heavy atom. The molecule has 0 N–H and O–H groups in total. The lowest BCUT2D eigenvalue weighted by Crippen LogP contribution is -2.67. The van der Waals surface area contributed by atoms with Crippen molar-refractivity contribution >= 4 is 34.7 Å². The molecule has 3 aromatic rings. The molecule has 0 bridgehead atoms. The lowest BCUT2D eigenvalue weighted by atomic mass is 10.0. The Kier molecular flexibility index (Phi) is 9.24. The van der Waals surface area contributed by atoms with Crippen LogP contribution in [0.3, 0.4) is 0 Å². The number of hydrogen-bond donors (Lipinski definition) is 0. The Bertz CT molecular complexity index is 1440. The van der Waals surface area contributed by atoms with Crippen molar-refractivity contribution in [2.75, 3.05) is 13.2 Å². The minimum absolute atomic E-state index is 0.0415. The molecule has 8 heteroatoms. The van der Waals surface area contributed by atoms with Crippen LogP contribution in [0.2, 0.25) is 5.04 Å². The minimum atomic E-state index is -3.98. The summed E-state index contributed by atoms with van der Waals surface area (Å²) in [5.41, 5.74) is 0.957. The standard InChI is InChI=1S/C33H39NO5SSi/c1-7-32-27(23-38-26(3)35)22-28(34(32)40(36,37)29-20-18-25(2)19-21-29)24-39-41(33(4,5)6,30-14-10-8-11-15-30)31-16-12-9-13-17-31/h1,8-21,27-28,32H,22-24H2,2-6H3/t27-,28-,32?/m0/s1. The normalized spacial score (nSPS) is 20.0. The summed E-state index contributed by atoms with van der Waals surface area (Å²) in [6.07, 6.45) is 6.39. The van der Waals surface area contributed by atoms with Gasteiger partial charge in [0.05, 0.1) is 24.2 Å². The molecule has 0 aliphatic carbocycles. The van der Waals surface area contributed by atoms with Crippen molar-refractivity contribution in [1.82, 2.24) is 4.31 Å². The number of ether oxygens (including phenoxy) is 1. The van der Waals surface area contributed by atoms with E-state index in [0.29, 0.717) is 6.42 Å². The van der Waals surface area contributed by atoms with Crippen LogP contribution in [0.5, 0.6) is 0 Å². The maximum absolute atomic E-state index is 14.1. The van der Waals surface area contributed by atoms with Crippen LogP contribution >= 0.6 is 0 Å². The Morgan fingerprint density at radius 2 is 1.49 bits per heavy atom. The highest BCUT2D eigenvalue weighted by Gasteiger charge is 2.53. The third-order valence-electron chi connectivity index (χ3n) is 7.83. The fourth-order valence-electron chi connectivity index (χ4n) is 5.91. The molecule has 3 atom stereocenters. The molecule has 0 aromatic heterocycles. The molecule has 6 nitrogen and oxygen atoms in total. The fourth-order valence-corrected chi connectivity index (χ4v) is 12.3. The van der Waals surface area contributed by atoms with Gasteiger partial charge >= 0.3 is 5.97 Å². The topological polar surface area (TPSA) is 72.9 Å². The lowest BCUT2D eigenvalue weighted by Gasteiger charge is -2.44. The van der Waals surface area contributed by atoms with Crippen molar-refractivity contribution in [2.24, 2.45) is 5.92 Å². The van der Waals surface area contributed by atoms with E-state index in [0.717, 1.165) is 15.9 Å². The van der Waals surface area contributed by atoms with Crippen LogP contribution in [0.25, 0.3) is 0 Å². The number of hydrogen-bond acceptors (Lipinski definition) is 5. The van der Waals surface area contributed by atoms with Gasteiger partial charge in [0.25, 0.3) is 8.32 Å². The highest BCUT2D eigenvalue weighted by Crippen LogP contribution is 2.40. The van der Waals surface area contributed by atoms with Crippen molar-refractivity contribution in [1.29, 1.82) is 0 Å². The first kappa shape index (κ1) is 30.7. The van der Waals surface area contributed by atoms with Gasteiger partial charge in [-0.3, -0.25) is 4.79 Å². The van der Waals surface area contributed by atoms with E-state index in [4.69, 9.17) is 15.6 Å². The third kappa shape index (κ3) is 6.19. The van der Waals surface area contributed by atoms with E-state index in [9.17, 15) is 13.2 Å². The van der Waals surface area contributed by atoms with Gasteiger partial charge in [0.15, 0.2) is 0 Å². The second-order valence-electron chi connectivity index (χ2n) is 11.7. The van der Waals surface area contributed by atoms with Crippen molar-refractivity contribution in [2.45, 2.75) is 63.1 Å². The van der Waals surface area contributed by atoms with Crippen LogP contribution in [-0.2, 0) is 24.0 Å². The van der Waals surface area contributed by atoms with Crippen LogP contribution in [0, 0.1) is 25.2 Å². The fraction of sp³-hybridized carbons (Fsp3) is 0.364. The van der Waals surface area contributed by atoms with Gasteiger partial charge in [-0.2, -0.15) is 4.31 Å². The molecule has 1 saturated heterocycles. The molecule has 4 rings (SSSR count). The molecule has 1 unspecified atom stereocenters. The number of rotatable bonds is 9. The molecule has 1 heterocycles. The Labute approximate surface area is 245 Å². The quantitative estimate of drug-likeness (QED) is 0.209. The summed E-state index contributed by atoms with van der Waals surface area (Å²) in [6.45, 7) is 9.98. The average Bonchev–Trinajstić information content (AvgIpc) is 3.31. The molecule has 1 aliphatic heterocycles. The number of carbonyl (C=O) groups excluding carboxylic acids is 1. The van der Waals surface area contributed by atoms with Gasteiger partial charge in [-0.25, -0.2) is 8.42 Å². The van der Waals surface area contributed by atoms with Crippen molar-refractivity contribution in [3.63, 3.8) is 0 Å². The summed E-state index contributed by atoms with van der Waals surface area (Å²) in [5, 5.41) is 1.93. The molecular formula is C33H39NO5SSi. The summed E-state index contributed by atoms with van der Waals surface area (Å²) < 4.78 is 42.2. The number of sulfonamides is 1. The largest absolute Gasteiger partial charge is 0.465 e. The van der Waals surface area contributed by atoms with E-state index in [1.54, 1.807) is 24.3 Å². The molecule has 0 saturated carbocycles. The Morgan fingerprint density at radius 1 is 0.951 bits per heavy atom. The second-order valence-corrected chi connectivity index (χ2v) is 17.8. The monoisotopic (exact) mass is 589 g/mol. The zero-order valence-electron chi connectivity index (χ0n) is 24.4. The number of aryl methyl sites for hydroxylation is 1. The number of carbonyl (C=O) groups is 1. The van der Waals surface area contributed by atoms with Gasteiger partial charge in [0.2, 0.25) is 10.0 Å². The van der Waals surface area contributed by atoms with E-state index < -0.39 is 36.4 Å². The summed E-state index contributed by atoms with van der Waals surface area (Å²) in [5.74, 6) is 1.91. The first-order valence-corrected chi connectivity index (χ1v) is 17.2. The molecule has 0 amide bonds.